The molecule has 0 aromatic heterocycles. The van der Waals surface area contributed by atoms with Crippen LogP contribution in [0.3, 0.4) is 0 Å². The maximum Gasteiger partial charge on any atom is 0.303 e. The number of likely N-dealkylation sites (tertiary alicyclic amines) is 1. The molecule has 1 aliphatic heterocycles. The minimum Gasteiger partial charge on any atom is -0.481 e. The number of carboxylic acid groups (broad SMARTS) is 1. The van der Waals surface area contributed by atoms with E-state index in [0.717, 1.165) is 0 Å². The van der Waals surface area contributed by atoms with Gasteiger partial charge in [-0.15, -0.1) is 0 Å². The average molecular weight is 290 g/mol. The number of nitrogens with zero attached hydrogens (tertiary/aromatic N) is 1. The molecule has 6 nitrogen and oxygen atoms in total. The third-order valence-electron chi connectivity index (χ3n) is 3.44. The maximum atomic E-state index is 11.9. The molecule has 1 fully saturated rings. The summed E-state index contributed by atoms with van der Waals surface area (Å²) in [7, 11) is 0. The number of carbonyl (C=O) groups is 3. The van der Waals surface area contributed by atoms with Gasteiger partial charge in [-0.3, -0.25) is 19.3 Å². The van der Waals surface area contributed by atoms with E-state index in [1.165, 1.54) is 6.92 Å². The second kappa shape index (κ2) is 6.49. The van der Waals surface area contributed by atoms with E-state index in [-0.39, 0.29) is 30.6 Å². The maximum absolute atomic E-state index is 11.9. The Balaban J connectivity index is 1.84. The van der Waals surface area contributed by atoms with Crippen molar-refractivity contribution in [2.24, 2.45) is 5.92 Å². The second-order valence-electron chi connectivity index (χ2n) is 5.31. The first-order chi connectivity index (χ1) is 9.95. The van der Waals surface area contributed by atoms with Crippen molar-refractivity contribution in [1.29, 1.82) is 0 Å². The zero-order chi connectivity index (χ0) is 15.4. The van der Waals surface area contributed by atoms with E-state index < -0.39 is 5.97 Å². The largest absolute Gasteiger partial charge is 0.481 e. The lowest BCUT2D eigenvalue weighted by atomic mass is 9.96. The fraction of sp³-hybridized carbons (Fsp3) is 0.400. The number of carbonyl (C=O) groups excluding carboxylic acids is 2. The molecule has 2 N–H and O–H groups in total. The van der Waals surface area contributed by atoms with E-state index in [9.17, 15) is 14.4 Å². The van der Waals surface area contributed by atoms with E-state index in [2.05, 4.69) is 5.32 Å². The minimum atomic E-state index is -0.806. The van der Waals surface area contributed by atoms with E-state index >= 15 is 0 Å². The zero-order valence-electron chi connectivity index (χ0n) is 11.8. The van der Waals surface area contributed by atoms with Crippen molar-refractivity contribution < 1.29 is 19.5 Å². The summed E-state index contributed by atoms with van der Waals surface area (Å²) in [5.41, 5.74) is 0.996. The number of ketones is 1. The van der Waals surface area contributed by atoms with Gasteiger partial charge in [-0.25, -0.2) is 0 Å². The lowest BCUT2D eigenvalue weighted by molar-refractivity contribution is -0.139. The molecule has 21 heavy (non-hydrogen) atoms. The lowest BCUT2D eigenvalue weighted by Gasteiger charge is -2.37. The highest BCUT2D eigenvalue weighted by Crippen LogP contribution is 2.19. The first-order valence-electron chi connectivity index (χ1n) is 6.79. The summed E-state index contributed by atoms with van der Waals surface area (Å²) >= 11 is 0. The smallest absolute Gasteiger partial charge is 0.303 e. The van der Waals surface area contributed by atoms with Gasteiger partial charge >= 0.3 is 5.97 Å². The van der Waals surface area contributed by atoms with Crippen LogP contribution in [0.25, 0.3) is 0 Å². The van der Waals surface area contributed by atoms with Gasteiger partial charge in [0, 0.05) is 18.7 Å². The molecule has 2 rings (SSSR count). The Hall–Kier alpha value is -2.21. The van der Waals surface area contributed by atoms with Crippen LogP contribution in [0.4, 0.5) is 5.69 Å². The monoisotopic (exact) mass is 290 g/mol. The first-order valence-corrected chi connectivity index (χ1v) is 6.79. The predicted octanol–water partition coefficient (Wildman–Crippen LogP) is 1.23. The number of benzene rings is 1. The number of carboxylic acids is 1. The van der Waals surface area contributed by atoms with Crippen LogP contribution in [0.5, 0.6) is 0 Å². The highest BCUT2D eigenvalue weighted by Gasteiger charge is 2.29. The predicted molar refractivity (Wildman–Crippen MR) is 77.3 cm³/mol. The topological polar surface area (TPSA) is 86.7 Å². The Morgan fingerprint density at radius 1 is 1.29 bits per heavy atom. The molecule has 0 unspecified atom stereocenters. The van der Waals surface area contributed by atoms with Crippen LogP contribution >= 0.6 is 0 Å². The molecule has 1 aromatic rings. The Bertz CT molecular complexity index is 565. The molecule has 0 bridgehead atoms. The molecule has 112 valence electrons. The van der Waals surface area contributed by atoms with Crippen LogP contribution in [0.2, 0.25) is 0 Å². The third-order valence-corrected chi connectivity index (χ3v) is 3.44. The fourth-order valence-corrected chi connectivity index (χ4v) is 2.47. The van der Waals surface area contributed by atoms with E-state index in [1.54, 1.807) is 24.3 Å². The quantitative estimate of drug-likeness (QED) is 0.770. The van der Waals surface area contributed by atoms with Gasteiger partial charge in [0.05, 0.1) is 18.7 Å². The SMILES string of the molecule is CC(=O)c1ccccc1NC(=O)CN1CC(CC(=O)O)C1. The van der Waals surface area contributed by atoms with Gasteiger partial charge in [-0.2, -0.15) is 0 Å². The van der Waals surface area contributed by atoms with Gasteiger partial charge in [-0.05, 0) is 25.0 Å². The Morgan fingerprint density at radius 2 is 1.95 bits per heavy atom. The number of para-hydroxylation sites is 1. The average Bonchev–Trinajstić information content (AvgIpc) is 2.36. The van der Waals surface area contributed by atoms with Gasteiger partial charge in [0.1, 0.15) is 0 Å². The summed E-state index contributed by atoms with van der Waals surface area (Å²) in [5, 5.41) is 11.4. The molecular weight excluding hydrogens is 272 g/mol. The zero-order valence-corrected chi connectivity index (χ0v) is 11.8. The summed E-state index contributed by atoms with van der Waals surface area (Å²) < 4.78 is 0. The molecule has 1 amide bonds. The number of nitrogens with one attached hydrogen (secondary N) is 1. The van der Waals surface area contributed by atoms with Crippen molar-refractivity contribution in [2.45, 2.75) is 13.3 Å². The summed E-state index contributed by atoms with van der Waals surface area (Å²) in [6, 6.07) is 6.87. The van der Waals surface area contributed by atoms with Crippen molar-refractivity contribution in [2.75, 3.05) is 25.0 Å². The number of hydrogen-bond donors (Lipinski definition) is 2. The minimum absolute atomic E-state index is 0.101. The van der Waals surface area contributed by atoms with Gasteiger partial charge < -0.3 is 10.4 Å². The Kier molecular flexibility index (Phi) is 4.70. The highest BCUT2D eigenvalue weighted by atomic mass is 16.4. The third kappa shape index (κ3) is 4.13. The van der Waals surface area contributed by atoms with Crippen LogP contribution in [-0.4, -0.2) is 47.3 Å². The normalized spacial score (nSPS) is 15.3. The van der Waals surface area contributed by atoms with Crippen molar-refractivity contribution in [3.63, 3.8) is 0 Å². The second-order valence-corrected chi connectivity index (χ2v) is 5.31. The van der Waals surface area contributed by atoms with Crippen molar-refractivity contribution in [3.05, 3.63) is 29.8 Å². The highest BCUT2D eigenvalue weighted by molar-refractivity contribution is 6.04. The first kappa shape index (κ1) is 15.2. The number of amides is 1. The van der Waals surface area contributed by atoms with E-state index in [4.69, 9.17) is 5.11 Å². The van der Waals surface area contributed by atoms with Crippen molar-refractivity contribution in [1.82, 2.24) is 4.90 Å². The van der Waals surface area contributed by atoms with Crippen LogP contribution in [0.1, 0.15) is 23.7 Å². The molecule has 0 saturated carbocycles. The molecule has 1 aromatic carbocycles. The van der Waals surface area contributed by atoms with Crippen LogP contribution in [-0.2, 0) is 9.59 Å². The summed E-state index contributed by atoms with van der Waals surface area (Å²) in [6.45, 7) is 2.90. The molecule has 1 aliphatic rings. The summed E-state index contributed by atoms with van der Waals surface area (Å²) in [4.78, 5) is 35.8. The van der Waals surface area contributed by atoms with Gasteiger partial charge in [0.25, 0.3) is 0 Å². The number of hydrogen-bond acceptors (Lipinski definition) is 4. The van der Waals surface area contributed by atoms with Gasteiger partial charge in [0.15, 0.2) is 5.78 Å². The van der Waals surface area contributed by atoms with E-state index in [0.29, 0.717) is 24.3 Å². The summed E-state index contributed by atoms with van der Waals surface area (Å²) in [5.74, 6) is -0.979. The molecular formula is C15H18N2O4. The van der Waals surface area contributed by atoms with Gasteiger partial charge in [-0.1, -0.05) is 12.1 Å². The molecule has 0 radical (unpaired) electrons. The molecule has 0 spiro atoms. The summed E-state index contributed by atoms with van der Waals surface area (Å²) in [6.07, 6.45) is 0.144. The van der Waals surface area contributed by atoms with Crippen molar-refractivity contribution in [3.8, 4) is 0 Å². The number of Topliss-reactive ketones (excluding diaryl/α,β-unsaturated/α-hetero) is 1. The Labute approximate surface area is 122 Å². The Morgan fingerprint density at radius 3 is 2.57 bits per heavy atom. The standard InChI is InChI=1S/C15H18N2O4/c1-10(18)12-4-2-3-5-13(12)16-14(19)9-17-7-11(8-17)6-15(20)21/h2-5,11H,6-9H2,1H3,(H,16,19)(H,20,21). The van der Waals surface area contributed by atoms with Crippen LogP contribution in [0, 0.1) is 5.92 Å². The number of aliphatic carboxylic acids is 1. The molecule has 6 heteroatoms. The number of rotatable bonds is 6. The van der Waals surface area contributed by atoms with Gasteiger partial charge in [0.2, 0.25) is 5.91 Å². The molecule has 1 saturated heterocycles. The van der Waals surface area contributed by atoms with Crippen LogP contribution < -0.4 is 5.32 Å². The fourth-order valence-electron chi connectivity index (χ4n) is 2.47. The van der Waals surface area contributed by atoms with Crippen molar-refractivity contribution >= 4 is 23.3 Å². The molecule has 0 atom stereocenters. The molecule has 1 heterocycles. The van der Waals surface area contributed by atoms with Crippen LogP contribution in [0.15, 0.2) is 24.3 Å². The lowest BCUT2D eigenvalue weighted by Crippen LogP contribution is -2.50. The van der Waals surface area contributed by atoms with E-state index in [1.807, 2.05) is 4.90 Å². The number of anilines is 1. The molecule has 0 aliphatic carbocycles.